The van der Waals surface area contributed by atoms with E-state index in [4.69, 9.17) is 0 Å². The summed E-state index contributed by atoms with van der Waals surface area (Å²) in [6, 6.07) is 96.7. The third-order valence-corrected chi connectivity index (χ3v) is 17.3. The van der Waals surface area contributed by atoms with E-state index >= 15 is 0 Å². The molecule has 2 unspecified atom stereocenters. The first-order valence-corrected chi connectivity index (χ1v) is 26.4. The molecule has 3 aliphatic carbocycles. The maximum atomic E-state index is 2.51. The summed E-state index contributed by atoms with van der Waals surface area (Å²) in [5.74, 6) is 0. The molecular formula is C74H56. The maximum Gasteiger partial charge on any atom is 0.0716 e. The number of hydrogen-bond acceptors (Lipinski definition) is 0. The van der Waals surface area contributed by atoms with Gasteiger partial charge in [-0.1, -0.05) is 262 Å². The molecule has 0 N–H and O–H groups in total. The molecule has 14 rings (SSSR count). The fraction of sp³-hybridized carbons (Fsp3) is 0.108. The molecule has 0 bridgehead atoms. The molecule has 3 aliphatic rings. The Balaban J connectivity index is 0.918. The van der Waals surface area contributed by atoms with Gasteiger partial charge in [0.1, 0.15) is 0 Å². The van der Waals surface area contributed by atoms with Crippen LogP contribution in [-0.4, -0.2) is 0 Å². The van der Waals surface area contributed by atoms with Gasteiger partial charge in [-0.05, 0) is 160 Å². The van der Waals surface area contributed by atoms with Gasteiger partial charge in [0.15, 0.2) is 0 Å². The second-order valence-electron chi connectivity index (χ2n) is 21.6. The van der Waals surface area contributed by atoms with Crippen LogP contribution in [0.4, 0.5) is 0 Å². The van der Waals surface area contributed by atoms with Gasteiger partial charge in [-0.3, -0.25) is 0 Å². The molecule has 0 radical (unpaired) electrons. The van der Waals surface area contributed by atoms with Gasteiger partial charge in [-0.25, -0.2) is 0 Å². The number of rotatable bonds is 8. The summed E-state index contributed by atoms with van der Waals surface area (Å²) in [6.45, 7) is 9.34. The van der Waals surface area contributed by atoms with Crippen molar-refractivity contribution in [2.24, 2.45) is 0 Å². The van der Waals surface area contributed by atoms with Crippen molar-refractivity contribution in [3.05, 3.63) is 333 Å². The monoisotopic (exact) mass is 944 g/mol. The Morgan fingerprint density at radius 3 is 1.59 bits per heavy atom. The second-order valence-corrected chi connectivity index (χ2v) is 21.6. The van der Waals surface area contributed by atoms with Crippen molar-refractivity contribution in [1.29, 1.82) is 0 Å². The molecule has 0 saturated heterocycles. The van der Waals surface area contributed by atoms with Crippen molar-refractivity contribution in [1.82, 2.24) is 0 Å². The molecule has 0 aliphatic heterocycles. The molecule has 0 spiro atoms. The van der Waals surface area contributed by atoms with E-state index in [1.54, 1.807) is 0 Å². The lowest BCUT2D eigenvalue weighted by Crippen LogP contribution is -2.29. The Morgan fingerprint density at radius 1 is 0.311 bits per heavy atom. The van der Waals surface area contributed by atoms with Crippen LogP contribution in [0.2, 0.25) is 0 Å². The predicted octanol–water partition coefficient (Wildman–Crippen LogP) is 18.3. The third kappa shape index (κ3) is 6.28. The van der Waals surface area contributed by atoms with E-state index in [0.29, 0.717) is 0 Å². The Bertz CT molecular complexity index is 4010. The van der Waals surface area contributed by atoms with Crippen LogP contribution in [0.15, 0.2) is 255 Å². The van der Waals surface area contributed by atoms with E-state index in [1.165, 1.54) is 134 Å². The van der Waals surface area contributed by atoms with Crippen LogP contribution in [0.3, 0.4) is 0 Å². The average Bonchev–Trinajstić information content (AvgIpc) is 4.15. The smallest absolute Gasteiger partial charge is 0.0622 e. The van der Waals surface area contributed by atoms with Crippen molar-refractivity contribution >= 4 is 0 Å². The van der Waals surface area contributed by atoms with Gasteiger partial charge in [0.2, 0.25) is 0 Å². The highest BCUT2D eigenvalue weighted by atomic mass is 14.5. The molecular weight excluding hydrogens is 889 g/mol. The number of aryl methyl sites for hydroxylation is 2. The second kappa shape index (κ2) is 16.7. The Kier molecular flexibility index (Phi) is 9.99. The Morgan fingerprint density at radius 2 is 0.851 bits per heavy atom. The highest BCUT2D eigenvalue weighted by molar-refractivity contribution is 5.97. The van der Waals surface area contributed by atoms with Crippen LogP contribution < -0.4 is 0 Å². The van der Waals surface area contributed by atoms with Gasteiger partial charge >= 0.3 is 0 Å². The minimum Gasteiger partial charge on any atom is -0.0622 e. The Labute approximate surface area is 436 Å². The minimum absolute atomic E-state index is 0.103. The molecule has 352 valence electrons. The third-order valence-electron chi connectivity index (χ3n) is 17.3. The molecule has 0 aromatic heterocycles. The van der Waals surface area contributed by atoms with Crippen LogP contribution in [0.1, 0.15) is 91.7 Å². The highest BCUT2D eigenvalue weighted by Crippen LogP contribution is 2.61. The standard InChI is InChI=1S/C74H56/c1-48-34-41-61-60-29-14-16-31-64(60)73(68(61)44-48,55-24-10-6-11-25-55)58-28-18-22-53(46-58)59-42-35-49(2)71-70(59)62-30-15-17-32-65(62)74(71,56-26-12-7-13-27-56)57-39-36-50(37-40-57)45-54-23-19-33-66-69(54)63-43-38-52(47-67(63)72(66,3)4)51-20-8-5-9-21-51/h5-44,46-47H,45H2,1-4H3. The summed E-state index contributed by atoms with van der Waals surface area (Å²) in [7, 11) is 0. The molecule has 0 amide bonds. The van der Waals surface area contributed by atoms with Crippen LogP contribution in [0.5, 0.6) is 0 Å². The summed E-state index contributed by atoms with van der Waals surface area (Å²) < 4.78 is 0. The van der Waals surface area contributed by atoms with E-state index in [9.17, 15) is 0 Å². The molecule has 0 heterocycles. The summed E-state index contributed by atoms with van der Waals surface area (Å²) in [5.41, 5.74) is 30.4. The average molecular weight is 945 g/mol. The quantitative estimate of drug-likeness (QED) is 0.142. The van der Waals surface area contributed by atoms with E-state index in [-0.39, 0.29) is 5.41 Å². The zero-order valence-corrected chi connectivity index (χ0v) is 42.5. The van der Waals surface area contributed by atoms with E-state index < -0.39 is 10.8 Å². The van der Waals surface area contributed by atoms with Gasteiger partial charge in [0.05, 0.1) is 10.8 Å². The van der Waals surface area contributed by atoms with Gasteiger partial charge in [0, 0.05) is 5.41 Å². The molecule has 0 nitrogen and oxygen atoms in total. The molecule has 0 fully saturated rings. The van der Waals surface area contributed by atoms with Crippen LogP contribution >= 0.6 is 0 Å². The van der Waals surface area contributed by atoms with Crippen molar-refractivity contribution in [3.8, 4) is 55.6 Å². The van der Waals surface area contributed by atoms with Gasteiger partial charge < -0.3 is 0 Å². The van der Waals surface area contributed by atoms with Crippen molar-refractivity contribution < 1.29 is 0 Å². The van der Waals surface area contributed by atoms with Crippen LogP contribution in [0, 0.1) is 13.8 Å². The zero-order chi connectivity index (χ0) is 49.8. The van der Waals surface area contributed by atoms with E-state index in [1.807, 2.05) is 0 Å². The van der Waals surface area contributed by atoms with Crippen molar-refractivity contribution in [2.45, 2.75) is 50.4 Å². The first-order chi connectivity index (χ1) is 36.3. The molecule has 2 atom stereocenters. The molecule has 74 heavy (non-hydrogen) atoms. The normalized spacial score (nSPS) is 17.2. The summed E-state index contributed by atoms with van der Waals surface area (Å²) in [4.78, 5) is 0. The largest absolute Gasteiger partial charge is 0.0716 e. The topological polar surface area (TPSA) is 0 Å². The molecule has 0 heteroatoms. The Hall–Kier alpha value is -8.58. The van der Waals surface area contributed by atoms with Crippen molar-refractivity contribution in [2.75, 3.05) is 0 Å². The molecule has 11 aromatic carbocycles. The fourth-order valence-corrected chi connectivity index (χ4v) is 14.0. The first-order valence-electron chi connectivity index (χ1n) is 26.4. The predicted molar refractivity (Wildman–Crippen MR) is 308 cm³/mol. The SMILES string of the molecule is Cc1ccc2c(c1)C(c1ccccc1)(c1cccc(-c3ccc(C)c4c3-c3ccccc3C4(c3ccccc3)c3ccc(Cc4cccc5c4-c4ccc(-c6ccccc6)cc4C5(C)C)cc3)c1)c1ccccc1-2. The minimum atomic E-state index is -0.553. The highest BCUT2D eigenvalue weighted by Gasteiger charge is 2.49. The van der Waals surface area contributed by atoms with Crippen LogP contribution in [-0.2, 0) is 22.7 Å². The lowest BCUT2D eigenvalue weighted by Gasteiger charge is -2.35. The number of hydrogen-bond donors (Lipinski definition) is 0. The summed E-state index contributed by atoms with van der Waals surface area (Å²) in [6.07, 6.45) is 0.851. The lowest BCUT2D eigenvalue weighted by atomic mass is 9.66. The zero-order valence-electron chi connectivity index (χ0n) is 42.5. The molecule has 0 saturated carbocycles. The van der Waals surface area contributed by atoms with Gasteiger partial charge in [-0.2, -0.15) is 0 Å². The summed E-state index contributed by atoms with van der Waals surface area (Å²) in [5, 5.41) is 0. The van der Waals surface area contributed by atoms with Gasteiger partial charge in [0.25, 0.3) is 0 Å². The van der Waals surface area contributed by atoms with Crippen molar-refractivity contribution in [3.63, 3.8) is 0 Å². The molecule has 11 aromatic rings. The van der Waals surface area contributed by atoms with E-state index in [2.05, 4.69) is 282 Å². The number of fused-ring (bicyclic) bond motifs is 9. The lowest BCUT2D eigenvalue weighted by molar-refractivity contribution is 0.660. The fourth-order valence-electron chi connectivity index (χ4n) is 14.0. The first kappa shape index (κ1) is 44.1. The van der Waals surface area contributed by atoms with Gasteiger partial charge in [-0.15, -0.1) is 0 Å². The van der Waals surface area contributed by atoms with Crippen LogP contribution in [0.25, 0.3) is 55.6 Å². The number of benzene rings is 11. The van der Waals surface area contributed by atoms with E-state index in [0.717, 1.165) is 6.42 Å². The summed E-state index contributed by atoms with van der Waals surface area (Å²) >= 11 is 0. The maximum absolute atomic E-state index is 2.51.